The number of halogens is 1. The van der Waals surface area contributed by atoms with Gasteiger partial charge in [-0.05, 0) is 53.8 Å². The van der Waals surface area contributed by atoms with Crippen molar-refractivity contribution in [3.8, 4) is 11.4 Å². The maximum atomic E-state index is 4.74. The predicted octanol–water partition coefficient (Wildman–Crippen LogP) is 4.33. The summed E-state index contributed by atoms with van der Waals surface area (Å²) in [4.78, 5) is 4.74. The summed E-state index contributed by atoms with van der Waals surface area (Å²) >= 11 is 2.32. The van der Waals surface area contributed by atoms with E-state index in [1.165, 1.54) is 14.7 Å². The molecule has 0 bridgehead atoms. The highest BCUT2D eigenvalue weighted by atomic mass is 127. The molecule has 0 atom stereocenters. The van der Waals surface area contributed by atoms with Crippen molar-refractivity contribution in [1.29, 1.82) is 0 Å². The zero-order valence-corrected chi connectivity index (χ0v) is 12.3. The van der Waals surface area contributed by atoms with E-state index in [0.717, 1.165) is 17.9 Å². The lowest BCUT2D eigenvalue weighted by Gasteiger charge is -2.06. The zero-order chi connectivity index (χ0) is 12.5. The molecule has 0 saturated heterocycles. The van der Waals surface area contributed by atoms with Crippen molar-refractivity contribution < 1.29 is 0 Å². The monoisotopic (exact) mass is 348 g/mol. The number of aromatic nitrogens is 2. The van der Waals surface area contributed by atoms with E-state index >= 15 is 0 Å². The van der Waals surface area contributed by atoms with Crippen LogP contribution in [-0.4, -0.2) is 9.55 Å². The van der Waals surface area contributed by atoms with Crippen LogP contribution < -0.4 is 0 Å². The number of benzene rings is 2. The lowest BCUT2D eigenvalue weighted by Crippen LogP contribution is -1.97. The predicted molar refractivity (Wildman–Crippen MR) is 83.6 cm³/mol. The van der Waals surface area contributed by atoms with Crippen molar-refractivity contribution >= 4 is 33.6 Å². The van der Waals surface area contributed by atoms with Gasteiger partial charge in [-0.3, -0.25) is 0 Å². The van der Waals surface area contributed by atoms with Crippen molar-refractivity contribution in [2.75, 3.05) is 0 Å². The molecule has 1 aromatic heterocycles. The van der Waals surface area contributed by atoms with E-state index in [1.807, 2.05) is 6.07 Å². The Morgan fingerprint density at radius 3 is 2.50 bits per heavy atom. The Hall–Kier alpha value is -1.36. The van der Waals surface area contributed by atoms with Crippen molar-refractivity contribution in [2.24, 2.45) is 0 Å². The first-order chi connectivity index (χ1) is 8.79. The van der Waals surface area contributed by atoms with Crippen LogP contribution in [0.3, 0.4) is 0 Å². The average Bonchev–Trinajstić information content (AvgIpc) is 2.78. The zero-order valence-electron chi connectivity index (χ0n) is 10.1. The molecule has 2 nitrogen and oxygen atoms in total. The van der Waals surface area contributed by atoms with Crippen molar-refractivity contribution in [2.45, 2.75) is 13.5 Å². The fraction of sp³-hybridized carbons (Fsp3) is 0.133. The largest absolute Gasteiger partial charge is 0.324 e. The van der Waals surface area contributed by atoms with Crippen molar-refractivity contribution in [3.63, 3.8) is 0 Å². The number of fused-ring (bicyclic) bond motifs is 1. The lowest BCUT2D eigenvalue weighted by atomic mass is 10.2. The van der Waals surface area contributed by atoms with Crippen LogP contribution in [0, 0.1) is 3.57 Å². The number of para-hydroxylation sites is 2. The van der Waals surface area contributed by atoms with Gasteiger partial charge in [0.15, 0.2) is 0 Å². The molecule has 0 aliphatic heterocycles. The molecule has 0 spiro atoms. The molecule has 3 rings (SSSR count). The number of nitrogens with zero attached hydrogens (tertiary/aromatic N) is 2. The maximum Gasteiger partial charge on any atom is 0.141 e. The SMILES string of the molecule is CCn1c(-c2ccc(I)cc2)nc2ccccc21. The Morgan fingerprint density at radius 2 is 1.78 bits per heavy atom. The molecule has 0 aliphatic carbocycles. The van der Waals surface area contributed by atoms with Crippen LogP contribution in [0.15, 0.2) is 48.5 Å². The molecule has 90 valence electrons. The number of imidazole rings is 1. The fourth-order valence-electron chi connectivity index (χ4n) is 2.21. The minimum Gasteiger partial charge on any atom is -0.324 e. The van der Waals surface area contributed by atoms with Gasteiger partial charge in [0, 0.05) is 15.7 Å². The first-order valence-corrected chi connectivity index (χ1v) is 7.08. The van der Waals surface area contributed by atoms with E-state index in [0.29, 0.717) is 0 Å². The molecule has 3 aromatic rings. The molecule has 0 N–H and O–H groups in total. The van der Waals surface area contributed by atoms with E-state index in [4.69, 9.17) is 4.98 Å². The standard InChI is InChI=1S/C15H13IN2/c1-2-18-14-6-4-3-5-13(14)17-15(18)11-7-9-12(16)10-8-11/h3-10H,2H2,1H3. The van der Waals surface area contributed by atoms with Gasteiger partial charge in [0.05, 0.1) is 11.0 Å². The Morgan fingerprint density at radius 1 is 1.06 bits per heavy atom. The fourth-order valence-corrected chi connectivity index (χ4v) is 2.57. The quantitative estimate of drug-likeness (QED) is 0.631. The third-order valence-electron chi connectivity index (χ3n) is 3.07. The molecule has 0 saturated carbocycles. The number of hydrogen-bond acceptors (Lipinski definition) is 1. The van der Waals surface area contributed by atoms with Crippen molar-refractivity contribution in [3.05, 3.63) is 52.1 Å². The van der Waals surface area contributed by atoms with Gasteiger partial charge in [-0.2, -0.15) is 0 Å². The van der Waals surface area contributed by atoms with Crippen LogP contribution in [0.5, 0.6) is 0 Å². The molecule has 0 radical (unpaired) electrons. The summed E-state index contributed by atoms with van der Waals surface area (Å²) in [6.45, 7) is 3.09. The van der Waals surface area contributed by atoms with Gasteiger partial charge in [0.2, 0.25) is 0 Å². The van der Waals surface area contributed by atoms with Gasteiger partial charge in [-0.25, -0.2) is 4.98 Å². The van der Waals surface area contributed by atoms with Crippen LogP contribution in [0.25, 0.3) is 22.4 Å². The first kappa shape index (κ1) is 11.7. The highest BCUT2D eigenvalue weighted by Gasteiger charge is 2.10. The Kier molecular flexibility index (Phi) is 3.07. The van der Waals surface area contributed by atoms with Gasteiger partial charge in [-0.15, -0.1) is 0 Å². The minimum absolute atomic E-state index is 0.932. The Balaban J connectivity index is 2.25. The average molecular weight is 348 g/mol. The number of hydrogen-bond donors (Lipinski definition) is 0. The summed E-state index contributed by atoms with van der Waals surface area (Å²) in [7, 11) is 0. The summed E-state index contributed by atoms with van der Waals surface area (Å²) < 4.78 is 3.51. The molecule has 0 aliphatic rings. The van der Waals surface area contributed by atoms with E-state index in [2.05, 4.69) is 76.5 Å². The number of rotatable bonds is 2. The first-order valence-electron chi connectivity index (χ1n) is 6.01. The second-order valence-electron chi connectivity index (χ2n) is 4.18. The maximum absolute atomic E-state index is 4.74. The second-order valence-corrected chi connectivity index (χ2v) is 5.42. The smallest absolute Gasteiger partial charge is 0.141 e. The Labute approximate surface area is 120 Å². The van der Waals surface area contributed by atoms with E-state index < -0.39 is 0 Å². The normalized spacial score (nSPS) is 11.0. The third kappa shape index (κ3) is 1.92. The molecule has 0 unspecified atom stereocenters. The summed E-state index contributed by atoms with van der Waals surface area (Å²) in [5.74, 6) is 1.05. The molecule has 3 heteroatoms. The van der Waals surface area contributed by atoms with Crippen LogP contribution in [0.4, 0.5) is 0 Å². The molecule has 1 heterocycles. The van der Waals surface area contributed by atoms with E-state index in [-0.39, 0.29) is 0 Å². The topological polar surface area (TPSA) is 17.8 Å². The van der Waals surface area contributed by atoms with Crippen LogP contribution in [0.1, 0.15) is 6.92 Å². The molecular weight excluding hydrogens is 335 g/mol. The van der Waals surface area contributed by atoms with Crippen molar-refractivity contribution in [1.82, 2.24) is 9.55 Å². The molecule has 0 fully saturated rings. The minimum atomic E-state index is 0.932. The van der Waals surface area contributed by atoms with Crippen LogP contribution >= 0.6 is 22.6 Å². The van der Waals surface area contributed by atoms with Gasteiger partial charge in [-0.1, -0.05) is 24.3 Å². The number of aryl methyl sites for hydroxylation is 1. The summed E-state index contributed by atoms with van der Waals surface area (Å²) in [6.07, 6.45) is 0. The van der Waals surface area contributed by atoms with E-state index in [1.54, 1.807) is 0 Å². The molecular formula is C15H13IN2. The molecule has 0 amide bonds. The summed E-state index contributed by atoms with van der Waals surface area (Å²) in [5, 5.41) is 0. The molecule has 2 aromatic carbocycles. The highest BCUT2D eigenvalue weighted by molar-refractivity contribution is 14.1. The summed E-state index contributed by atoms with van der Waals surface area (Å²) in [6, 6.07) is 16.8. The van der Waals surface area contributed by atoms with Gasteiger partial charge in [0.1, 0.15) is 5.82 Å². The Bertz CT molecular complexity index is 683. The van der Waals surface area contributed by atoms with Crippen LogP contribution in [-0.2, 0) is 6.54 Å². The van der Waals surface area contributed by atoms with E-state index in [9.17, 15) is 0 Å². The second kappa shape index (κ2) is 4.72. The van der Waals surface area contributed by atoms with Gasteiger partial charge >= 0.3 is 0 Å². The lowest BCUT2D eigenvalue weighted by molar-refractivity contribution is 0.796. The summed E-state index contributed by atoms with van der Waals surface area (Å²) in [5.41, 5.74) is 3.44. The molecule has 18 heavy (non-hydrogen) atoms. The van der Waals surface area contributed by atoms with Crippen LogP contribution in [0.2, 0.25) is 0 Å². The van der Waals surface area contributed by atoms with Gasteiger partial charge < -0.3 is 4.57 Å². The third-order valence-corrected chi connectivity index (χ3v) is 3.79. The highest BCUT2D eigenvalue weighted by Crippen LogP contribution is 2.25. The van der Waals surface area contributed by atoms with Gasteiger partial charge in [0.25, 0.3) is 0 Å².